The summed E-state index contributed by atoms with van der Waals surface area (Å²) in [6.45, 7) is 0. The lowest BCUT2D eigenvalue weighted by Gasteiger charge is -2.06. The van der Waals surface area contributed by atoms with Crippen LogP contribution >= 0.6 is 0 Å². The third kappa shape index (κ3) is 1.78. The summed E-state index contributed by atoms with van der Waals surface area (Å²) in [5.74, 6) is 0. The molecule has 0 spiro atoms. The second-order valence-corrected chi connectivity index (χ2v) is 4.07. The second-order valence-electron chi connectivity index (χ2n) is 4.07. The van der Waals surface area contributed by atoms with Gasteiger partial charge in [0.15, 0.2) is 0 Å². The minimum Gasteiger partial charge on any atom is -0.268 e. The van der Waals surface area contributed by atoms with E-state index in [9.17, 15) is 4.79 Å². The molecule has 0 aliphatic carbocycles. The van der Waals surface area contributed by atoms with Crippen molar-refractivity contribution in [3.05, 3.63) is 70.8 Å². The normalized spacial score (nSPS) is 10.3. The number of fused-ring (bicyclic) bond motifs is 1. The van der Waals surface area contributed by atoms with Crippen molar-refractivity contribution < 1.29 is 0 Å². The molecule has 0 aliphatic rings. The fraction of sp³-hybridized carbons (Fsp3) is 0. The molecule has 0 bridgehead atoms. The van der Waals surface area contributed by atoms with Crippen molar-refractivity contribution in [1.82, 2.24) is 9.55 Å². The molecule has 0 atom stereocenters. The zero-order valence-electron chi connectivity index (χ0n) is 9.95. The Bertz CT molecular complexity index is 845. The third-order valence-corrected chi connectivity index (χ3v) is 2.94. The topological polar surface area (TPSA) is 58.7 Å². The Morgan fingerprint density at radius 2 is 1.84 bits per heavy atom. The van der Waals surface area contributed by atoms with Crippen molar-refractivity contribution in [3.8, 4) is 11.8 Å². The van der Waals surface area contributed by atoms with Crippen LogP contribution in [0.4, 0.5) is 0 Å². The van der Waals surface area contributed by atoms with Gasteiger partial charge in [0.25, 0.3) is 5.56 Å². The average molecular weight is 247 g/mol. The maximum atomic E-state index is 12.4. The van der Waals surface area contributed by atoms with Gasteiger partial charge in [-0.2, -0.15) is 5.26 Å². The van der Waals surface area contributed by atoms with E-state index in [2.05, 4.69) is 4.98 Å². The van der Waals surface area contributed by atoms with Crippen LogP contribution in [0.15, 0.2) is 59.7 Å². The van der Waals surface area contributed by atoms with Crippen LogP contribution in [-0.2, 0) is 0 Å². The van der Waals surface area contributed by atoms with Crippen LogP contribution in [-0.4, -0.2) is 9.55 Å². The van der Waals surface area contributed by atoms with Crippen LogP contribution < -0.4 is 5.56 Å². The molecule has 2 aromatic carbocycles. The van der Waals surface area contributed by atoms with Gasteiger partial charge in [-0.05, 0) is 24.3 Å². The first-order valence-corrected chi connectivity index (χ1v) is 5.77. The van der Waals surface area contributed by atoms with E-state index in [1.165, 1.54) is 10.9 Å². The third-order valence-electron chi connectivity index (χ3n) is 2.94. The van der Waals surface area contributed by atoms with E-state index in [0.29, 0.717) is 16.5 Å². The molecule has 3 aromatic rings. The molecule has 0 aliphatic heterocycles. The minimum absolute atomic E-state index is 0.173. The van der Waals surface area contributed by atoms with Gasteiger partial charge in [0, 0.05) is 0 Å². The summed E-state index contributed by atoms with van der Waals surface area (Å²) in [5, 5.41) is 9.46. The predicted octanol–water partition coefficient (Wildman–Crippen LogP) is 2.26. The van der Waals surface area contributed by atoms with Crippen molar-refractivity contribution in [1.29, 1.82) is 5.26 Å². The van der Waals surface area contributed by atoms with Gasteiger partial charge in [-0.15, -0.1) is 0 Å². The van der Waals surface area contributed by atoms with Gasteiger partial charge in [0.2, 0.25) is 0 Å². The van der Waals surface area contributed by atoms with Crippen LogP contribution in [0.5, 0.6) is 0 Å². The molecule has 0 saturated carbocycles. The van der Waals surface area contributed by atoms with Gasteiger partial charge >= 0.3 is 0 Å². The summed E-state index contributed by atoms with van der Waals surface area (Å²) in [4.78, 5) is 16.6. The quantitative estimate of drug-likeness (QED) is 0.662. The van der Waals surface area contributed by atoms with E-state index in [-0.39, 0.29) is 5.56 Å². The maximum absolute atomic E-state index is 12.4. The fourth-order valence-corrected chi connectivity index (χ4v) is 2.02. The number of hydrogen-bond donors (Lipinski definition) is 0. The first-order valence-electron chi connectivity index (χ1n) is 5.77. The number of nitriles is 1. The van der Waals surface area contributed by atoms with Crippen LogP contribution in [0.25, 0.3) is 16.6 Å². The lowest BCUT2D eigenvalue weighted by atomic mass is 10.1. The first-order chi connectivity index (χ1) is 9.31. The van der Waals surface area contributed by atoms with E-state index in [1.807, 2.05) is 36.4 Å². The Kier molecular flexibility index (Phi) is 2.58. The zero-order valence-corrected chi connectivity index (χ0v) is 9.95. The van der Waals surface area contributed by atoms with E-state index in [4.69, 9.17) is 5.26 Å². The van der Waals surface area contributed by atoms with Gasteiger partial charge < -0.3 is 0 Å². The molecular formula is C15H9N3O. The predicted molar refractivity (Wildman–Crippen MR) is 72.1 cm³/mol. The molecular weight excluding hydrogens is 238 g/mol. The lowest BCUT2D eigenvalue weighted by molar-refractivity contribution is 0.962. The van der Waals surface area contributed by atoms with Crippen LogP contribution in [0, 0.1) is 11.3 Å². The molecule has 0 fully saturated rings. The summed E-state index contributed by atoms with van der Waals surface area (Å²) in [5.41, 5.74) is 1.44. The van der Waals surface area contributed by atoms with Crippen molar-refractivity contribution >= 4 is 10.9 Å². The fourth-order valence-electron chi connectivity index (χ4n) is 2.02. The van der Waals surface area contributed by atoms with Gasteiger partial charge in [0.05, 0.1) is 22.2 Å². The van der Waals surface area contributed by atoms with Crippen LogP contribution in [0.1, 0.15) is 5.56 Å². The number of para-hydroxylation sites is 2. The number of hydrogen-bond acceptors (Lipinski definition) is 3. The van der Waals surface area contributed by atoms with Crippen LogP contribution in [0.2, 0.25) is 0 Å². The summed E-state index contributed by atoms with van der Waals surface area (Å²) in [6, 6.07) is 16.4. The Balaban J connectivity index is 2.35. The SMILES string of the molecule is N#Cc1cccc2c(=O)n(-c3ccccc3)cnc12. The summed E-state index contributed by atoms with van der Waals surface area (Å²) in [7, 11) is 0. The van der Waals surface area contributed by atoms with Crippen molar-refractivity contribution in [3.63, 3.8) is 0 Å². The minimum atomic E-state index is -0.173. The smallest absolute Gasteiger partial charge is 0.265 e. The molecule has 4 nitrogen and oxygen atoms in total. The highest BCUT2D eigenvalue weighted by Gasteiger charge is 2.08. The molecule has 19 heavy (non-hydrogen) atoms. The maximum Gasteiger partial charge on any atom is 0.265 e. The molecule has 0 saturated heterocycles. The van der Waals surface area contributed by atoms with Gasteiger partial charge in [-0.1, -0.05) is 24.3 Å². The molecule has 3 rings (SSSR count). The summed E-state index contributed by atoms with van der Waals surface area (Å²) < 4.78 is 1.48. The number of rotatable bonds is 1. The Hall–Kier alpha value is -2.93. The summed E-state index contributed by atoms with van der Waals surface area (Å²) in [6.07, 6.45) is 1.46. The highest BCUT2D eigenvalue weighted by molar-refractivity contribution is 5.83. The standard InChI is InChI=1S/C15H9N3O/c16-9-11-5-4-8-13-14(11)17-10-18(15(13)19)12-6-2-1-3-7-12/h1-8,10H. The molecule has 1 aromatic heterocycles. The van der Waals surface area contributed by atoms with E-state index in [0.717, 1.165) is 5.69 Å². The van der Waals surface area contributed by atoms with Crippen LogP contribution in [0.3, 0.4) is 0 Å². The second kappa shape index (κ2) is 4.39. The Labute approximate surface area is 109 Å². The van der Waals surface area contributed by atoms with E-state index in [1.54, 1.807) is 18.2 Å². The zero-order chi connectivity index (χ0) is 13.2. The van der Waals surface area contributed by atoms with E-state index < -0.39 is 0 Å². The Morgan fingerprint density at radius 3 is 2.58 bits per heavy atom. The Morgan fingerprint density at radius 1 is 1.05 bits per heavy atom. The molecule has 0 radical (unpaired) electrons. The van der Waals surface area contributed by atoms with Gasteiger partial charge in [-0.3, -0.25) is 9.36 Å². The molecule has 0 amide bonds. The van der Waals surface area contributed by atoms with Crippen molar-refractivity contribution in [2.75, 3.05) is 0 Å². The van der Waals surface area contributed by atoms with Crippen molar-refractivity contribution in [2.24, 2.45) is 0 Å². The first kappa shape index (κ1) is 11.2. The highest BCUT2D eigenvalue weighted by atomic mass is 16.1. The van der Waals surface area contributed by atoms with E-state index >= 15 is 0 Å². The highest BCUT2D eigenvalue weighted by Crippen LogP contribution is 2.13. The number of benzene rings is 2. The number of aromatic nitrogens is 2. The van der Waals surface area contributed by atoms with Crippen molar-refractivity contribution in [2.45, 2.75) is 0 Å². The number of nitrogens with zero attached hydrogens (tertiary/aromatic N) is 3. The molecule has 4 heteroatoms. The summed E-state index contributed by atoms with van der Waals surface area (Å²) >= 11 is 0. The van der Waals surface area contributed by atoms with Gasteiger partial charge in [-0.25, -0.2) is 4.98 Å². The molecule has 90 valence electrons. The monoisotopic (exact) mass is 247 g/mol. The van der Waals surface area contributed by atoms with Gasteiger partial charge in [0.1, 0.15) is 12.4 Å². The average Bonchev–Trinajstić information content (AvgIpc) is 2.48. The largest absolute Gasteiger partial charge is 0.268 e. The molecule has 0 unspecified atom stereocenters. The molecule has 1 heterocycles. The lowest BCUT2D eigenvalue weighted by Crippen LogP contribution is -2.19. The molecule has 0 N–H and O–H groups in total.